The number of alkyl halides is 1. The van der Waals surface area contributed by atoms with E-state index in [1.54, 1.807) is 0 Å². The average molecular weight is 351 g/mol. The standard InChI is InChI=1S/C17H23BrN2O/c1-3-9-17(12-18,10-4-2)13-20-15-8-6-5-7-14(15)19-11-16(20)21/h5-8,11H,3-4,9-10,12-13H2,1-2H3. The molecular formula is C17H23BrN2O. The summed E-state index contributed by atoms with van der Waals surface area (Å²) in [5, 5.41) is 0.921. The van der Waals surface area contributed by atoms with E-state index in [4.69, 9.17) is 0 Å². The smallest absolute Gasteiger partial charge is 0.269 e. The Morgan fingerprint density at radius 3 is 2.48 bits per heavy atom. The Kier molecular flexibility index (Phi) is 5.57. The van der Waals surface area contributed by atoms with E-state index in [0.29, 0.717) is 0 Å². The fourth-order valence-electron chi connectivity index (χ4n) is 3.13. The molecule has 2 aromatic rings. The first-order valence-electron chi connectivity index (χ1n) is 7.66. The third kappa shape index (κ3) is 3.54. The van der Waals surface area contributed by atoms with E-state index in [9.17, 15) is 4.79 Å². The average Bonchev–Trinajstić information content (AvgIpc) is 2.50. The van der Waals surface area contributed by atoms with E-state index in [2.05, 4.69) is 34.8 Å². The van der Waals surface area contributed by atoms with Crippen LogP contribution in [0.15, 0.2) is 35.3 Å². The Morgan fingerprint density at radius 1 is 1.19 bits per heavy atom. The molecule has 0 fully saturated rings. The molecule has 0 aliphatic carbocycles. The molecule has 1 aromatic carbocycles. The maximum atomic E-state index is 12.3. The molecule has 0 saturated heterocycles. The summed E-state index contributed by atoms with van der Waals surface area (Å²) in [6.45, 7) is 5.17. The predicted molar refractivity (Wildman–Crippen MR) is 92.0 cm³/mol. The van der Waals surface area contributed by atoms with Crippen LogP contribution in [-0.2, 0) is 6.54 Å². The van der Waals surface area contributed by atoms with Gasteiger partial charge in [0.15, 0.2) is 0 Å². The van der Waals surface area contributed by atoms with Gasteiger partial charge in [-0.05, 0) is 30.4 Å². The maximum Gasteiger partial charge on any atom is 0.269 e. The lowest BCUT2D eigenvalue weighted by molar-refractivity contribution is 0.233. The molecule has 114 valence electrons. The summed E-state index contributed by atoms with van der Waals surface area (Å²) in [6.07, 6.45) is 5.94. The number of hydrogen-bond acceptors (Lipinski definition) is 2. The molecule has 2 rings (SSSR count). The van der Waals surface area contributed by atoms with Crippen LogP contribution >= 0.6 is 15.9 Å². The second kappa shape index (κ2) is 7.21. The van der Waals surface area contributed by atoms with Crippen LogP contribution in [0.25, 0.3) is 11.0 Å². The summed E-state index contributed by atoms with van der Waals surface area (Å²) >= 11 is 3.69. The molecule has 0 bridgehead atoms. The second-order valence-electron chi connectivity index (χ2n) is 5.80. The van der Waals surface area contributed by atoms with Crippen molar-refractivity contribution in [2.75, 3.05) is 5.33 Å². The van der Waals surface area contributed by atoms with Crippen molar-refractivity contribution in [1.82, 2.24) is 9.55 Å². The molecule has 3 nitrogen and oxygen atoms in total. The van der Waals surface area contributed by atoms with Crippen molar-refractivity contribution >= 4 is 27.0 Å². The van der Waals surface area contributed by atoms with Gasteiger partial charge in [0.2, 0.25) is 0 Å². The Labute approximate surface area is 134 Å². The third-order valence-corrected chi connectivity index (χ3v) is 5.28. The fourth-order valence-corrected chi connectivity index (χ4v) is 3.87. The van der Waals surface area contributed by atoms with Gasteiger partial charge in [-0.2, -0.15) is 0 Å². The summed E-state index contributed by atoms with van der Waals surface area (Å²) in [5.41, 5.74) is 1.94. The highest BCUT2D eigenvalue weighted by Gasteiger charge is 2.28. The molecule has 4 heteroatoms. The van der Waals surface area contributed by atoms with Gasteiger partial charge in [-0.15, -0.1) is 0 Å². The third-order valence-electron chi connectivity index (χ3n) is 4.09. The zero-order chi connectivity index (χ0) is 15.3. The maximum absolute atomic E-state index is 12.3. The quantitative estimate of drug-likeness (QED) is 0.694. The molecule has 0 spiro atoms. The van der Waals surface area contributed by atoms with Crippen molar-refractivity contribution in [2.45, 2.75) is 46.1 Å². The molecule has 1 heterocycles. The summed E-state index contributed by atoms with van der Waals surface area (Å²) < 4.78 is 1.90. The highest BCUT2D eigenvalue weighted by molar-refractivity contribution is 9.09. The molecule has 0 atom stereocenters. The topological polar surface area (TPSA) is 34.9 Å². The molecule has 0 aliphatic heterocycles. The molecule has 0 saturated carbocycles. The van der Waals surface area contributed by atoms with Gasteiger partial charge in [0, 0.05) is 11.9 Å². The Hall–Kier alpha value is -1.16. The van der Waals surface area contributed by atoms with Crippen molar-refractivity contribution in [3.8, 4) is 0 Å². The minimum absolute atomic E-state index is 0.00812. The van der Waals surface area contributed by atoms with Crippen molar-refractivity contribution < 1.29 is 0 Å². The van der Waals surface area contributed by atoms with Gasteiger partial charge in [-0.1, -0.05) is 54.8 Å². The number of aromatic nitrogens is 2. The van der Waals surface area contributed by atoms with Crippen LogP contribution in [-0.4, -0.2) is 14.9 Å². The van der Waals surface area contributed by atoms with Crippen LogP contribution in [0.1, 0.15) is 39.5 Å². The van der Waals surface area contributed by atoms with Crippen molar-refractivity contribution in [3.63, 3.8) is 0 Å². The first-order valence-corrected chi connectivity index (χ1v) is 8.78. The zero-order valence-corrected chi connectivity index (χ0v) is 14.4. The second-order valence-corrected chi connectivity index (χ2v) is 6.37. The Morgan fingerprint density at radius 2 is 1.86 bits per heavy atom. The van der Waals surface area contributed by atoms with Crippen LogP contribution in [0, 0.1) is 5.41 Å². The van der Waals surface area contributed by atoms with E-state index >= 15 is 0 Å². The van der Waals surface area contributed by atoms with Crippen LogP contribution in [0.4, 0.5) is 0 Å². The normalized spacial score (nSPS) is 12.0. The summed E-state index contributed by atoms with van der Waals surface area (Å²) in [5.74, 6) is 0. The van der Waals surface area contributed by atoms with E-state index in [0.717, 1.165) is 48.6 Å². The van der Waals surface area contributed by atoms with Gasteiger partial charge in [-0.25, -0.2) is 4.98 Å². The van der Waals surface area contributed by atoms with E-state index < -0.39 is 0 Å². The number of para-hydroxylation sites is 2. The first kappa shape index (κ1) is 16.2. The van der Waals surface area contributed by atoms with Gasteiger partial charge in [-0.3, -0.25) is 4.79 Å². The molecule has 0 unspecified atom stereocenters. The highest BCUT2D eigenvalue weighted by atomic mass is 79.9. The van der Waals surface area contributed by atoms with Crippen LogP contribution in [0.5, 0.6) is 0 Å². The van der Waals surface area contributed by atoms with E-state index in [1.165, 1.54) is 6.20 Å². The summed E-state index contributed by atoms with van der Waals surface area (Å²) in [7, 11) is 0. The largest absolute Gasteiger partial charge is 0.305 e. The summed E-state index contributed by atoms with van der Waals surface area (Å²) in [6, 6.07) is 7.87. The number of nitrogens with zero attached hydrogens (tertiary/aromatic N) is 2. The molecule has 1 aromatic heterocycles. The number of fused-ring (bicyclic) bond motifs is 1. The summed E-state index contributed by atoms with van der Waals surface area (Å²) in [4.78, 5) is 16.6. The van der Waals surface area contributed by atoms with Gasteiger partial charge in [0.1, 0.15) is 0 Å². The first-order chi connectivity index (χ1) is 10.2. The molecule has 0 N–H and O–H groups in total. The van der Waals surface area contributed by atoms with E-state index in [1.807, 2.05) is 28.8 Å². The van der Waals surface area contributed by atoms with Gasteiger partial charge in [0.25, 0.3) is 5.56 Å². The highest BCUT2D eigenvalue weighted by Crippen LogP contribution is 2.34. The van der Waals surface area contributed by atoms with Crippen molar-refractivity contribution in [2.24, 2.45) is 5.41 Å². The lowest BCUT2D eigenvalue weighted by atomic mass is 9.81. The predicted octanol–water partition coefficient (Wildman–Crippen LogP) is 4.38. The molecule has 0 radical (unpaired) electrons. The van der Waals surface area contributed by atoms with Gasteiger partial charge in [0.05, 0.1) is 17.2 Å². The molecular weight excluding hydrogens is 328 g/mol. The molecule has 0 aliphatic rings. The fraction of sp³-hybridized carbons (Fsp3) is 0.529. The van der Waals surface area contributed by atoms with Crippen LogP contribution in [0.3, 0.4) is 0 Å². The SMILES string of the molecule is CCCC(CBr)(CCC)Cn1c(=O)cnc2ccccc21. The minimum Gasteiger partial charge on any atom is -0.305 e. The number of rotatable bonds is 7. The van der Waals surface area contributed by atoms with Crippen molar-refractivity contribution in [1.29, 1.82) is 0 Å². The number of hydrogen-bond donors (Lipinski definition) is 0. The molecule has 21 heavy (non-hydrogen) atoms. The number of halogens is 1. The van der Waals surface area contributed by atoms with Crippen LogP contribution in [0.2, 0.25) is 0 Å². The minimum atomic E-state index is -0.00812. The lowest BCUT2D eigenvalue weighted by Crippen LogP contribution is -2.34. The number of benzene rings is 1. The van der Waals surface area contributed by atoms with Crippen LogP contribution < -0.4 is 5.56 Å². The monoisotopic (exact) mass is 350 g/mol. The zero-order valence-electron chi connectivity index (χ0n) is 12.8. The van der Waals surface area contributed by atoms with E-state index in [-0.39, 0.29) is 11.0 Å². The van der Waals surface area contributed by atoms with Gasteiger partial charge >= 0.3 is 0 Å². The van der Waals surface area contributed by atoms with Gasteiger partial charge < -0.3 is 4.57 Å². The lowest BCUT2D eigenvalue weighted by Gasteiger charge is -2.32. The Balaban J connectivity index is 2.49. The van der Waals surface area contributed by atoms with Crippen molar-refractivity contribution in [3.05, 3.63) is 40.8 Å². The Bertz CT molecular complexity index is 645. The molecule has 0 amide bonds.